The van der Waals surface area contributed by atoms with E-state index in [2.05, 4.69) is 24.0 Å². The van der Waals surface area contributed by atoms with Crippen LogP contribution in [0.4, 0.5) is 0 Å². The Hall–Kier alpha value is -2.05. The zero-order chi connectivity index (χ0) is 26.3. The fourth-order valence-electron chi connectivity index (χ4n) is 6.97. The summed E-state index contributed by atoms with van der Waals surface area (Å²) in [5.74, 6) is 1.26. The van der Waals surface area contributed by atoms with Crippen LogP contribution < -0.4 is 9.47 Å². The van der Waals surface area contributed by atoms with Crippen LogP contribution >= 0.6 is 0 Å². The molecule has 210 valence electrons. The first-order valence-corrected chi connectivity index (χ1v) is 15.4. The van der Waals surface area contributed by atoms with E-state index in [0.29, 0.717) is 6.42 Å². The fourth-order valence-corrected chi connectivity index (χ4v) is 6.97. The number of nitrogens with zero attached hydrogens (tertiary/aromatic N) is 1. The average molecular weight is 526 g/mol. The molecule has 38 heavy (non-hydrogen) atoms. The summed E-state index contributed by atoms with van der Waals surface area (Å²) in [5.41, 5.74) is 3.58. The van der Waals surface area contributed by atoms with Crippen molar-refractivity contribution in [1.29, 1.82) is 0 Å². The number of benzene rings is 1. The van der Waals surface area contributed by atoms with E-state index in [1.54, 1.807) is 0 Å². The van der Waals surface area contributed by atoms with Gasteiger partial charge in [0.25, 0.3) is 0 Å². The molecule has 3 heterocycles. The van der Waals surface area contributed by atoms with Gasteiger partial charge in [0.05, 0.1) is 0 Å². The van der Waals surface area contributed by atoms with Crippen molar-refractivity contribution in [3.05, 3.63) is 34.9 Å². The second-order valence-electron chi connectivity index (χ2n) is 11.8. The molecule has 0 saturated carbocycles. The number of fused-ring (bicyclic) bond motifs is 3. The molecule has 1 fully saturated rings. The molecule has 0 aromatic heterocycles. The fraction of sp³-hybridized carbons (Fsp3) is 0.719. The van der Waals surface area contributed by atoms with Crippen LogP contribution in [0.3, 0.4) is 0 Å². The van der Waals surface area contributed by atoms with E-state index in [0.717, 1.165) is 49.4 Å². The van der Waals surface area contributed by atoms with Crippen LogP contribution in [0.25, 0.3) is 0 Å². The highest BCUT2D eigenvalue weighted by atomic mass is 16.7. The Morgan fingerprint density at radius 2 is 1.58 bits per heavy atom. The Balaban J connectivity index is 1.06. The molecule has 6 nitrogen and oxygen atoms in total. The molecule has 1 aromatic rings. The molecule has 1 aliphatic carbocycles. The number of carbonyl (C=O) groups excluding carboxylic acids is 1. The number of rotatable bonds is 15. The zero-order valence-electron chi connectivity index (χ0n) is 23.3. The second kappa shape index (κ2) is 13.3. The minimum atomic E-state index is -0.779. The van der Waals surface area contributed by atoms with Crippen LogP contribution in [0, 0.1) is 0 Å². The highest BCUT2D eigenvalue weighted by Crippen LogP contribution is 2.50. The third-order valence-electron chi connectivity index (χ3n) is 9.00. The molecule has 4 atom stereocenters. The molecular formula is C32H47NO5. The first-order valence-electron chi connectivity index (χ1n) is 15.4. The lowest BCUT2D eigenvalue weighted by Gasteiger charge is -2.45. The molecule has 0 amide bonds. The number of aliphatic hydroxyl groups is 1. The second-order valence-corrected chi connectivity index (χ2v) is 11.8. The minimum Gasteiger partial charge on any atom is -0.459 e. The Morgan fingerprint density at radius 3 is 2.26 bits per heavy atom. The monoisotopic (exact) mass is 525 g/mol. The van der Waals surface area contributed by atoms with Gasteiger partial charge in [-0.25, -0.2) is 0 Å². The molecule has 1 N–H and O–H groups in total. The molecule has 5 rings (SSSR count). The van der Waals surface area contributed by atoms with E-state index in [4.69, 9.17) is 14.2 Å². The van der Waals surface area contributed by atoms with E-state index in [1.165, 1.54) is 81.8 Å². The molecule has 1 saturated heterocycles. The summed E-state index contributed by atoms with van der Waals surface area (Å²) in [4.78, 5) is 15.4. The lowest BCUT2D eigenvalue weighted by molar-refractivity contribution is -0.157. The Kier molecular flexibility index (Phi) is 9.66. The van der Waals surface area contributed by atoms with Gasteiger partial charge in [-0.2, -0.15) is 0 Å². The van der Waals surface area contributed by atoms with Gasteiger partial charge in [-0.1, -0.05) is 95.6 Å². The molecule has 6 heteroatoms. The smallest absolute Gasteiger partial charge is 0.306 e. The predicted octanol–water partition coefficient (Wildman–Crippen LogP) is 6.78. The summed E-state index contributed by atoms with van der Waals surface area (Å²) in [6.45, 7) is 4.32. The third-order valence-corrected chi connectivity index (χ3v) is 9.00. The van der Waals surface area contributed by atoms with Gasteiger partial charge in [0.2, 0.25) is 6.79 Å². The van der Waals surface area contributed by atoms with Gasteiger partial charge in [0.1, 0.15) is 12.2 Å². The highest BCUT2D eigenvalue weighted by molar-refractivity contribution is 5.70. The van der Waals surface area contributed by atoms with E-state index in [1.807, 2.05) is 6.08 Å². The number of hydrogen-bond donors (Lipinski definition) is 1. The van der Waals surface area contributed by atoms with Gasteiger partial charge in [0, 0.05) is 31.5 Å². The summed E-state index contributed by atoms with van der Waals surface area (Å²) in [7, 11) is 0. The number of aliphatic hydroxyl groups excluding tert-OH is 1. The number of esters is 1. The molecular weight excluding hydrogens is 478 g/mol. The lowest BCUT2D eigenvalue weighted by Crippen LogP contribution is -2.51. The predicted molar refractivity (Wildman–Crippen MR) is 148 cm³/mol. The number of carbonyl (C=O) groups is 1. The first-order chi connectivity index (χ1) is 18.7. The van der Waals surface area contributed by atoms with E-state index >= 15 is 0 Å². The van der Waals surface area contributed by atoms with E-state index < -0.39 is 12.2 Å². The molecule has 0 unspecified atom stereocenters. The van der Waals surface area contributed by atoms with Gasteiger partial charge in [0.15, 0.2) is 11.5 Å². The standard InChI is InChI=1S/C32H47NO5/c1-2-3-4-5-6-7-8-9-10-11-12-13-14-15-29(35)38-32-26(34)18-23-16-17-33-21-24-19-27-28(37-22-36-27)20-25(24)30(32)31(23)33/h18-20,26,30-32,34H,2-17,21-22H2,1H3/t26-,30-,31-,32+/m0/s1. The Labute approximate surface area is 228 Å². The van der Waals surface area contributed by atoms with Crippen molar-refractivity contribution < 1.29 is 24.1 Å². The highest BCUT2D eigenvalue weighted by Gasteiger charge is 2.50. The van der Waals surface area contributed by atoms with Crippen molar-refractivity contribution >= 4 is 5.97 Å². The normalized spacial score (nSPS) is 25.2. The maximum absolute atomic E-state index is 12.9. The summed E-state index contributed by atoms with van der Waals surface area (Å²) < 4.78 is 17.3. The van der Waals surface area contributed by atoms with Crippen molar-refractivity contribution in [2.75, 3.05) is 13.3 Å². The van der Waals surface area contributed by atoms with Crippen molar-refractivity contribution in [2.24, 2.45) is 0 Å². The summed E-state index contributed by atoms with van der Waals surface area (Å²) in [5, 5.41) is 11.1. The summed E-state index contributed by atoms with van der Waals surface area (Å²) >= 11 is 0. The summed E-state index contributed by atoms with van der Waals surface area (Å²) in [6.07, 6.45) is 18.6. The third kappa shape index (κ3) is 6.39. The summed E-state index contributed by atoms with van der Waals surface area (Å²) in [6, 6.07) is 4.31. The van der Waals surface area contributed by atoms with Crippen LogP contribution in [0.5, 0.6) is 11.5 Å². The van der Waals surface area contributed by atoms with E-state index in [9.17, 15) is 9.90 Å². The topological polar surface area (TPSA) is 68.2 Å². The number of ether oxygens (including phenoxy) is 3. The quantitative estimate of drug-likeness (QED) is 0.155. The molecule has 4 aliphatic rings. The largest absolute Gasteiger partial charge is 0.459 e. The average Bonchev–Trinajstić information content (AvgIpc) is 3.54. The molecule has 0 spiro atoms. The molecule has 3 aliphatic heterocycles. The van der Waals surface area contributed by atoms with Gasteiger partial charge >= 0.3 is 5.97 Å². The van der Waals surface area contributed by atoms with Gasteiger partial charge in [-0.05, 0) is 36.1 Å². The zero-order valence-corrected chi connectivity index (χ0v) is 23.3. The maximum atomic E-state index is 12.9. The van der Waals surface area contributed by atoms with Crippen LogP contribution in [-0.4, -0.2) is 47.6 Å². The van der Waals surface area contributed by atoms with Gasteiger partial charge in [-0.15, -0.1) is 0 Å². The van der Waals surface area contributed by atoms with Crippen LogP contribution in [0.15, 0.2) is 23.8 Å². The van der Waals surface area contributed by atoms with Crippen molar-refractivity contribution in [3.8, 4) is 11.5 Å². The first kappa shape index (κ1) is 27.5. The molecule has 0 radical (unpaired) electrons. The van der Waals surface area contributed by atoms with Crippen LogP contribution in [0.1, 0.15) is 120 Å². The van der Waals surface area contributed by atoms with Crippen molar-refractivity contribution in [2.45, 2.75) is 134 Å². The lowest BCUT2D eigenvalue weighted by atomic mass is 9.73. The molecule has 1 aromatic carbocycles. The van der Waals surface area contributed by atoms with Crippen molar-refractivity contribution in [3.63, 3.8) is 0 Å². The van der Waals surface area contributed by atoms with E-state index in [-0.39, 0.29) is 24.7 Å². The van der Waals surface area contributed by atoms with Crippen molar-refractivity contribution in [1.82, 2.24) is 4.90 Å². The van der Waals surface area contributed by atoms with Gasteiger partial charge < -0.3 is 19.3 Å². The number of unbranched alkanes of at least 4 members (excludes halogenated alkanes) is 12. The molecule has 0 bridgehead atoms. The Morgan fingerprint density at radius 1 is 0.947 bits per heavy atom. The maximum Gasteiger partial charge on any atom is 0.306 e. The Bertz CT molecular complexity index is 975. The number of hydrogen-bond acceptors (Lipinski definition) is 6. The SMILES string of the molecule is CCCCCCCCCCCCCCCC(=O)O[C@H]1[C@H]2c3cc4c(cc3CN3CCC(=C[C@@H]1O)[C@@H]23)OCO4. The minimum absolute atomic E-state index is 0.0821. The van der Waals surface area contributed by atoms with Crippen LogP contribution in [-0.2, 0) is 16.1 Å². The van der Waals surface area contributed by atoms with Gasteiger partial charge in [-0.3, -0.25) is 9.69 Å². The van der Waals surface area contributed by atoms with Crippen LogP contribution in [0.2, 0.25) is 0 Å².